The van der Waals surface area contributed by atoms with Crippen molar-refractivity contribution in [3.8, 4) is 11.1 Å². The van der Waals surface area contributed by atoms with Gasteiger partial charge in [0.1, 0.15) is 23.7 Å². The fraction of sp³-hybridized carbons (Fsp3) is 0.581. The summed E-state index contributed by atoms with van der Waals surface area (Å²) in [6.07, 6.45) is 19.2. The minimum absolute atomic E-state index is 0.0533. The van der Waals surface area contributed by atoms with E-state index in [9.17, 15) is 19.2 Å². The molecule has 0 radical (unpaired) electrons. The average molecular weight is 1030 g/mol. The SMILES string of the molecule is CCOC(=O)N[C@H](C(=O)N1[C@H](c2nc3ccc(-c4cc5ccc4CC[C@@H]4C=C[C@@]4(C)[C@H](Cc4ccc6nc([C@@H]7C[C@@H]8CCCC[C@@H]8N7C(=O)[C@@H](NC(=O)OC)C(C)C)[nH]c6c4)CC5)cc3[nH]2)C[C@@H]2CCCC[C@@H]21)C(C)C. The van der Waals surface area contributed by atoms with Gasteiger partial charge in [-0.25, -0.2) is 19.6 Å². The number of hydrogen-bond acceptors (Lipinski definition) is 8. The molecule has 2 saturated carbocycles. The Bertz CT molecular complexity index is 3010. The number of nitrogens with one attached hydrogen (secondary N) is 4. The summed E-state index contributed by atoms with van der Waals surface area (Å²) < 4.78 is 10.2. The first-order valence-electron chi connectivity index (χ1n) is 28.9. The van der Waals surface area contributed by atoms with Crippen molar-refractivity contribution in [1.82, 2.24) is 40.4 Å². The molecule has 5 aromatic rings. The standard InChI is InChI=1S/C62H80N8O6/c1-8-76-61(74)68-55(36(4)5)59(72)70-51-16-12-10-14-42(51)34-53(70)57-64-47-26-22-40(32-49(47)66-57)45-30-37-17-20-39(45)21-24-43-27-28-62(43,6)44(23-18-37)29-38-19-25-46-48(31-38)65-56(63-46)52-33-41-13-9-11-15-50(41)69(52)58(71)54(35(2)3)67-60(73)75-7/h17,19-20,22,25-28,30-32,35-36,41-44,50-55H,8-16,18,21,23-24,29,33-34H2,1-7H3,(H,63,65)(H,64,66)(H,67,73)(H,68,74)/t41-,42-,43+,44-,50-,51-,52-,53-,54-,55-,62+/m0/s1. The van der Waals surface area contributed by atoms with Crippen molar-refractivity contribution in [2.24, 2.45) is 40.9 Å². The normalized spacial score (nSPS) is 27.9. The molecule has 14 nitrogen and oxygen atoms in total. The van der Waals surface area contributed by atoms with Crippen molar-refractivity contribution < 1.29 is 28.7 Å². The number of amides is 4. The topological polar surface area (TPSA) is 175 Å². The van der Waals surface area contributed by atoms with Crippen LogP contribution < -0.4 is 10.6 Å². The van der Waals surface area contributed by atoms with Gasteiger partial charge < -0.3 is 39.9 Å². The van der Waals surface area contributed by atoms with E-state index in [1.165, 1.54) is 47.8 Å². The Morgan fingerprint density at radius 3 is 1.88 bits per heavy atom. The van der Waals surface area contributed by atoms with Crippen molar-refractivity contribution >= 4 is 46.1 Å². The summed E-state index contributed by atoms with van der Waals surface area (Å²) in [6, 6.07) is 18.9. The molecule has 3 aromatic carbocycles. The fourth-order valence-electron chi connectivity index (χ4n) is 14.8. The number of carbonyl (C=O) groups is 4. The number of imidazole rings is 2. The van der Waals surface area contributed by atoms with Gasteiger partial charge in [0.2, 0.25) is 11.8 Å². The second-order valence-electron chi connectivity index (χ2n) is 24.3. The number of alkyl carbamates (subject to hydrolysis) is 2. The molecular formula is C62H80N8O6. The zero-order valence-corrected chi connectivity index (χ0v) is 45.8. The Hall–Kier alpha value is -6.18. The number of hydrogen-bond donors (Lipinski definition) is 4. The van der Waals surface area contributed by atoms with E-state index in [1.807, 2.05) is 27.7 Å². The average Bonchev–Trinajstić information content (AvgIpc) is 4.22. The van der Waals surface area contributed by atoms with Gasteiger partial charge in [-0.15, -0.1) is 0 Å². The molecular weight excluding hydrogens is 953 g/mol. The summed E-state index contributed by atoms with van der Waals surface area (Å²) in [6.45, 7) is 12.4. The molecule has 5 aliphatic carbocycles. The molecule has 4 N–H and O–H groups in total. The number of benzene rings is 3. The lowest BCUT2D eigenvalue weighted by Crippen LogP contribution is -2.54. The van der Waals surface area contributed by atoms with Crippen molar-refractivity contribution in [1.29, 1.82) is 0 Å². The first-order chi connectivity index (χ1) is 36.7. The first-order valence-corrected chi connectivity index (χ1v) is 28.9. The molecule has 0 spiro atoms. The summed E-state index contributed by atoms with van der Waals surface area (Å²) >= 11 is 0. The molecule has 404 valence electrons. The summed E-state index contributed by atoms with van der Waals surface area (Å²) in [7, 11) is 1.34. The molecule has 0 unspecified atom stereocenters. The van der Waals surface area contributed by atoms with Crippen LogP contribution in [0.5, 0.6) is 0 Å². The zero-order valence-electron chi connectivity index (χ0n) is 45.8. The number of aromatic nitrogens is 4. The van der Waals surface area contributed by atoms with Gasteiger partial charge in [0, 0.05) is 12.1 Å². The minimum Gasteiger partial charge on any atom is -0.453 e. The number of nitrogens with zero attached hydrogens (tertiary/aromatic N) is 4. The van der Waals surface area contributed by atoms with Gasteiger partial charge in [-0.1, -0.05) is 103 Å². The van der Waals surface area contributed by atoms with Crippen molar-refractivity contribution in [3.63, 3.8) is 0 Å². The molecule has 76 heavy (non-hydrogen) atoms. The molecule has 2 aromatic heterocycles. The maximum absolute atomic E-state index is 14.6. The maximum Gasteiger partial charge on any atom is 0.407 e. The van der Waals surface area contributed by atoms with Gasteiger partial charge in [-0.05, 0) is 171 Å². The van der Waals surface area contributed by atoms with Gasteiger partial charge in [0.25, 0.3) is 0 Å². The highest BCUT2D eigenvalue weighted by Gasteiger charge is 2.50. The summed E-state index contributed by atoms with van der Waals surface area (Å²) in [5.74, 6) is 3.02. The maximum atomic E-state index is 14.6. The van der Waals surface area contributed by atoms with E-state index >= 15 is 0 Å². The van der Waals surface area contributed by atoms with Gasteiger partial charge in [0.15, 0.2) is 0 Å². The Balaban J connectivity index is 0.832. The molecule has 4 amide bonds. The lowest BCUT2D eigenvalue weighted by molar-refractivity contribution is -0.139. The third-order valence-electron chi connectivity index (χ3n) is 19.1. The van der Waals surface area contributed by atoms with E-state index in [0.29, 0.717) is 23.7 Å². The second kappa shape index (κ2) is 21.3. The number of ether oxygens (including phenoxy) is 2. The summed E-state index contributed by atoms with van der Waals surface area (Å²) in [4.78, 5) is 76.2. The van der Waals surface area contributed by atoms with E-state index in [1.54, 1.807) is 6.92 Å². The first kappa shape index (κ1) is 51.9. The number of methoxy groups -OCH3 is 1. The Kier molecular flexibility index (Phi) is 14.6. The minimum atomic E-state index is -0.688. The number of likely N-dealkylation sites (tertiary alicyclic amines) is 2. The van der Waals surface area contributed by atoms with Crippen LogP contribution in [0, 0.1) is 40.9 Å². The number of fused-ring (bicyclic) bond motifs is 9. The van der Waals surface area contributed by atoms with Crippen LogP contribution in [0.25, 0.3) is 33.2 Å². The molecule has 7 aliphatic rings. The highest BCUT2D eigenvalue weighted by Crippen LogP contribution is 2.52. The Morgan fingerprint density at radius 1 is 0.711 bits per heavy atom. The van der Waals surface area contributed by atoms with Gasteiger partial charge in [0.05, 0.1) is 47.9 Å². The van der Waals surface area contributed by atoms with Crippen molar-refractivity contribution in [2.45, 2.75) is 174 Å². The number of allylic oxidation sites excluding steroid dienone is 2. The molecule has 2 bridgehead atoms. The van der Waals surface area contributed by atoms with Gasteiger partial charge >= 0.3 is 12.2 Å². The van der Waals surface area contributed by atoms with Crippen molar-refractivity contribution in [2.75, 3.05) is 13.7 Å². The second-order valence-corrected chi connectivity index (χ2v) is 24.3. The third kappa shape index (κ3) is 9.80. The van der Waals surface area contributed by atoms with Gasteiger partial charge in [-0.3, -0.25) is 9.59 Å². The highest BCUT2D eigenvalue weighted by atomic mass is 16.5. The van der Waals surface area contributed by atoms with Crippen LogP contribution >= 0.6 is 0 Å². The molecule has 14 heteroatoms. The molecule has 4 fully saturated rings. The number of rotatable bonds is 12. The molecule has 2 saturated heterocycles. The van der Waals surface area contributed by atoms with Crippen LogP contribution in [0.1, 0.15) is 159 Å². The van der Waals surface area contributed by atoms with Crippen LogP contribution in [0.4, 0.5) is 9.59 Å². The Morgan fingerprint density at radius 2 is 1.30 bits per heavy atom. The monoisotopic (exact) mass is 1030 g/mol. The lowest BCUT2D eigenvalue weighted by Gasteiger charge is -2.47. The molecule has 4 heterocycles. The van der Waals surface area contributed by atoms with Crippen molar-refractivity contribution in [3.05, 3.63) is 95.1 Å². The van der Waals surface area contributed by atoms with Crippen LogP contribution in [-0.2, 0) is 38.3 Å². The summed E-state index contributed by atoms with van der Waals surface area (Å²) in [5, 5.41) is 5.75. The predicted octanol–water partition coefficient (Wildman–Crippen LogP) is 11.9. The number of carbonyl (C=O) groups excluding carboxylic acids is 4. The number of aryl methyl sites for hydroxylation is 2. The van der Waals surface area contributed by atoms with Crippen LogP contribution in [0.2, 0.25) is 0 Å². The molecule has 11 atom stereocenters. The molecule has 2 aliphatic heterocycles. The third-order valence-corrected chi connectivity index (χ3v) is 19.1. The van der Waals surface area contributed by atoms with Crippen LogP contribution in [0.15, 0.2) is 66.7 Å². The fourth-order valence-corrected chi connectivity index (χ4v) is 14.8. The lowest BCUT2D eigenvalue weighted by atomic mass is 9.57. The quantitative estimate of drug-likeness (QED) is 0.0893. The van der Waals surface area contributed by atoms with E-state index < -0.39 is 24.3 Å². The summed E-state index contributed by atoms with van der Waals surface area (Å²) in [5.41, 5.74) is 10.3. The van der Waals surface area contributed by atoms with E-state index in [-0.39, 0.29) is 59.8 Å². The smallest absolute Gasteiger partial charge is 0.407 e. The number of aromatic amines is 2. The largest absolute Gasteiger partial charge is 0.453 e. The van der Waals surface area contributed by atoms with Gasteiger partial charge in [-0.2, -0.15) is 0 Å². The number of H-pyrrole nitrogens is 2. The Labute approximate surface area is 448 Å². The highest BCUT2D eigenvalue weighted by molar-refractivity contribution is 5.88. The molecule has 12 rings (SSSR count). The zero-order chi connectivity index (χ0) is 53.0. The van der Waals surface area contributed by atoms with Crippen LogP contribution in [-0.4, -0.2) is 91.6 Å². The van der Waals surface area contributed by atoms with E-state index in [2.05, 4.69) is 104 Å². The van der Waals surface area contributed by atoms with E-state index in [4.69, 9.17) is 19.4 Å². The van der Waals surface area contributed by atoms with E-state index in [0.717, 1.165) is 117 Å². The van der Waals surface area contributed by atoms with Crippen LogP contribution in [0.3, 0.4) is 0 Å². The predicted molar refractivity (Wildman–Crippen MR) is 295 cm³/mol.